The highest BCUT2D eigenvalue weighted by molar-refractivity contribution is 9.11. The number of halogens is 2. The van der Waals surface area contributed by atoms with Gasteiger partial charge < -0.3 is 5.73 Å². The number of hydrogen-bond acceptors (Lipinski definition) is 2. The molecule has 2 aromatic rings. The molecular weight excluding hydrogens is 332 g/mol. The number of rotatable bonds is 2. The van der Waals surface area contributed by atoms with E-state index in [0.717, 1.165) is 38.3 Å². The van der Waals surface area contributed by atoms with Gasteiger partial charge in [0.2, 0.25) is 0 Å². The third-order valence-electron chi connectivity index (χ3n) is 2.51. The van der Waals surface area contributed by atoms with Gasteiger partial charge >= 0.3 is 0 Å². The van der Waals surface area contributed by atoms with E-state index in [9.17, 15) is 0 Å². The molecule has 0 aliphatic heterocycles. The predicted octanol–water partition coefficient (Wildman–Crippen LogP) is 4.29. The number of aryl methyl sites for hydroxylation is 1. The Balaban J connectivity index is 2.73. The number of aromatic nitrogens is 1. The lowest BCUT2D eigenvalue weighted by Crippen LogP contribution is -1.98. The zero-order valence-corrected chi connectivity index (χ0v) is 12.1. The Kier molecular flexibility index (Phi) is 3.50. The monoisotopic (exact) mass is 342 g/mol. The van der Waals surface area contributed by atoms with E-state index in [1.54, 1.807) is 0 Å². The molecule has 0 amide bonds. The van der Waals surface area contributed by atoms with Crippen molar-refractivity contribution in [2.45, 2.75) is 19.8 Å². The molecule has 2 rings (SSSR count). The lowest BCUT2D eigenvalue weighted by atomic mass is 10.1. The van der Waals surface area contributed by atoms with Gasteiger partial charge in [-0.15, -0.1) is 0 Å². The van der Waals surface area contributed by atoms with Crippen molar-refractivity contribution in [3.63, 3.8) is 0 Å². The van der Waals surface area contributed by atoms with Crippen LogP contribution in [0.3, 0.4) is 0 Å². The number of anilines is 1. The van der Waals surface area contributed by atoms with E-state index < -0.39 is 0 Å². The Hall–Kier alpha value is -0.610. The molecule has 0 aliphatic carbocycles. The molecule has 0 saturated heterocycles. The first-order chi connectivity index (χ1) is 7.63. The third-order valence-corrected chi connectivity index (χ3v) is 3.85. The Morgan fingerprint density at radius 3 is 2.62 bits per heavy atom. The molecule has 84 valence electrons. The number of hydrogen-bond donors (Lipinski definition) is 1. The normalized spacial score (nSPS) is 10.9. The standard InChI is InChI=1S/C12H12Br2N2/c1-2-3-7-6-8-9(13)4-5-10(14)11(8)16-12(7)15/h4-6H,2-3H2,1H3,(H2,15,16). The molecule has 0 fully saturated rings. The van der Waals surface area contributed by atoms with Crippen LogP contribution in [-0.4, -0.2) is 4.98 Å². The summed E-state index contributed by atoms with van der Waals surface area (Å²) in [7, 11) is 0. The topological polar surface area (TPSA) is 38.9 Å². The van der Waals surface area contributed by atoms with Gasteiger partial charge in [-0.2, -0.15) is 0 Å². The lowest BCUT2D eigenvalue weighted by molar-refractivity contribution is 0.921. The molecule has 0 spiro atoms. The van der Waals surface area contributed by atoms with Gasteiger partial charge in [0.25, 0.3) is 0 Å². The molecule has 0 bridgehead atoms. The fourth-order valence-electron chi connectivity index (χ4n) is 1.72. The molecule has 1 aromatic carbocycles. The van der Waals surface area contributed by atoms with Crippen molar-refractivity contribution >= 4 is 48.6 Å². The quantitative estimate of drug-likeness (QED) is 0.883. The third kappa shape index (κ3) is 2.09. The number of nitrogens with two attached hydrogens (primary N) is 1. The Morgan fingerprint density at radius 2 is 1.94 bits per heavy atom. The van der Waals surface area contributed by atoms with Gasteiger partial charge in [0.15, 0.2) is 0 Å². The van der Waals surface area contributed by atoms with Crippen LogP contribution in [0.5, 0.6) is 0 Å². The minimum absolute atomic E-state index is 0.633. The molecule has 0 saturated carbocycles. The molecule has 16 heavy (non-hydrogen) atoms. The highest BCUT2D eigenvalue weighted by Gasteiger charge is 2.08. The molecule has 2 nitrogen and oxygen atoms in total. The molecule has 0 unspecified atom stereocenters. The van der Waals surface area contributed by atoms with E-state index in [2.05, 4.69) is 49.8 Å². The predicted molar refractivity (Wildman–Crippen MR) is 75.6 cm³/mol. The number of benzene rings is 1. The van der Waals surface area contributed by atoms with Crippen molar-refractivity contribution in [2.24, 2.45) is 0 Å². The van der Waals surface area contributed by atoms with Crippen molar-refractivity contribution < 1.29 is 0 Å². The number of nitrogen functional groups attached to an aromatic ring is 1. The van der Waals surface area contributed by atoms with E-state index in [1.165, 1.54) is 0 Å². The largest absolute Gasteiger partial charge is 0.383 e. The van der Waals surface area contributed by atoms with E-state index in [0.29, 0.717) is 5.82 Å². The van der Waals surface area contributed by atoms with Crippen molar-refractivity contribution in [3.05, 3.63) is 32.7 Å². The second-order valence-electron chi connectivity index (χ2n) is 3.71. The summed E-state index contributed by atoms with van der Waals surface area (Å²) in [5.41, 5.74) is 7.97. The van der Waals surface area contributed by atoms with Crippen LogP contribution in [0.25, 0.3) is 10.9 Å². The maximum atomic E-state index is 5.94. The van der Waals surface area contributed by atoms with Gasteiger partial charge in [-0.3, -0.25) is 0 Å². The minimum Gasteiger partial charge on any atom is -0.383 e. The molecule has 0 aliphatic rings. The minimum atomic E-state index is 0.633. The number of pyridine rings is 1. The number of nitrogens with zero attached hydrogens (tertiary/aromatic N) is 1. The summed E-state index contributed by atoms with van der Waals surface area (Å²) >= 11 is 7.03. The van der Waals surface area contributed by atoms with Gasteiger partial charge in [0.05, 0.1) is 5.52 Å². The second kappa shape index (κ2) is 4.72. The van der Waals surface area contributed by atoms with E-state index >= 15 is 0 Å². The van der Waals surface area contributed by atoms with Crippen LogP contribution in [0.1, 0.15) is 18.9 Å². The van der Waals surface area contributed by atoms with Crippen molar-refractivity contribution in [1.29, 1.82) is 0 Å². The first kappa shape index (κ1) is 11.9. The highest BCUT2D eigenvalue weighted by Crippen LogP contribution is 2.31. The SMILES string of the molecule is CCCc1cc2c(Br)ccc(Br)c2nc1N. The van der Waals surface area contributed by atoms with Gasteiger partial charge in [-0.1, -0.05) is 29.3 Å². The molecule has 4 heteroatoms. The van der Waals surface area contributed by atoms with Crippen LogP contribution in [-0.2, 0) is 6.42 Å². The lowest BCUT2D eigenvalue weighted by Gasteiger charge is -2.08. The van der Waals surface area contributed by atoms with Crippen LogP contribution in [0.15, 0.2) is 27.1 Å². The molecule has 1 heterocycles. The summed E-state index contributed by atoms with van der Waals surface area (Å²) in [5, 5.41) is 1.10. The highest BCUT2D eigenvalue weighted by atomic mass is 79.9. The van der Waals surface area contributed by atoms with Crippen LogP contribution in [0, 0.1) is 0 Å². The van der Waals surface area contributed by atoms with Gasteiger partial charge in [-0.25, -0.2) is 4.98 Å². The summed E-state index contributed by atoms with van der Waals surface area (Å²) < 4.78 is 2.02. The fourth-order valence-corrected chi connectivity index (χ4v) is 2.59. The summed E-state index contributed by atoms with van der Waals surface area (Å²) in [6.07, 6.45) is 2.04. The molecule has 0 atom stereocenters. The van der Waals surface area contributed by atoms with Crippen molar-refractivity contribution in [1.82, 2.24) is 4.98 Å². The van der Waals surface area contributed by atoms with Crippen molar-refractivity contribution in [2.75, 3.05) is 5.73 Å². The van der Waals surface area contributed by atoms with E-state index in [1.807, 2.05) is 12.1 Å². The average molecular weight is 344 g/mol. The summed E-state index contributed by atoms with van der Waals surface area (Å²) in [6.45, 7) is 2.14. The molecule has 2 N–H and O–H groups in total. The summed E-state index contributed by atoms with van der Waals surface area (Å²) in [5.74, 6) is 0.633. The van der Waals surface area contributed by atoms with Crippen molar-refractivity contribution in [3.8, 4) is 0 Å². The average Bonchev–Trinajstić information content (AvgIpc) is 2.26. The Bertz CT molecular complexity index is 538. The second-order valence-corrected chi connectivity index (χ2v) is 5.42. The zero-order valence-electron chi connectivity index (χ0n) is 8.93. The Labute approximate surface area is 112 Å². The smallest absolute Gasteiger partial charge is 0.127 e. The molecular formula is C12H12Br2N2. The van der Waals surface area contributed by atoms with Gasteiger partial charge in [0, 0.05) is 14.3 Å². The maximum Gasteiger partial charge on any atom is 0.127 e. The fraction of sp³-hybridized carbons (Fsp3) is 0.250. The maximum absolute atomic E-state index is 5.94. The summed E-state index contributed by atoms with van der Waals surface area (Å²) in [6, 6.07) is 6.11. The van der Waals surface area contributed by atoms with Crippen LogP contribution in [0.4, 0.5) is 5.82 Å². The first-order valence-electron chi connectivity index (χ1n) is 5.16. The molecule has 0 radical (unpaired) electrons. The number of fused-ring (bicyclic) bond motifs is 1. The van der Waals surface area contributed by atoms with Crippen LogP contribution < -0.4 is 5.73 Å². The van der Waals surface area contributed by atoms with Gasteiger partial charge in [-0.05, 0) is 46.1 Å². The Morgan fingerprint density at radius 1 is 1.25 bits per heavy atom. The zero-order chi connectivity index (χ0) is 11.7. The van der Waals surface area contributed by atoms with Crippen LogP contribution >= 0.6 is 31.9 Å². The van der Waals surface area contributed by atoms with Gasteiger partial charge in [0.1, 0.15) is 5.82 Å². The van der Waals surface area contributed by atoms with E-state index in [-0.39, 0.29) is 0 Å². The summed E-state index contributed by atoms with van der Waals surface area (Å²) in [4.78, 5) is 4.46. The first-order valence-corrected chi connectivity index (χ1v) is 6.75. The van der Waals surface area contributed by atoms with Crippen LogP contribution in [0.2, 0.25) is 0 Å². The van der Waals surface area contributed by atoms with E-state index in [4.69, 9.17) is 5.73 Å². The molecule has 1 aromatic heterocycles.